The topological polar surface area (TPSA) is 69.0 Å². The highest BCUT2D eigenvalue weighted by Crippen LogP contribution is 2.25. The highest BCUT2D eigenvalue weighted by atomic mass is 32.2. The van der Waals surface area contributed by atoms with Gasteiger partial charge in [0.2, 0.25) is 0 Å². The van der Waals surface area contributed by atoms with Crippen LogP contribution in [0.25, 0.3) is 22.0 Å². The lowest BCUT2D eigenvalue weighted by molar-refractivity contribution is 0.586. The van der Waals surface area contributed by atoms with Crippen LogP contribution in [0.5, 0.6) is 0 Å². The van der Waals surface area contributed by atoms with E-state index in [9.17, 15) is 13.2 Å². The van der Waals surface area contributed by atoms with E-state index >= 15 is 0 Å². The van der Waals surface area contributed by atoms with Gasteiger partial charge in [-0.3, -0.25) is 9.36 Å². The van der Waals surface area contributed by atoms with E-state index in [0.29, 0.717) is 10.9 Å². The molecule has 1 unspecified atom stereocenters. The molecule has 0 spiro atoms. The third kappa shape index (κ3) is 2.86. The van der Waals surface area contributed by atoms with Gasteiger partial charge in [0, 0.05) is 5.41 Å². The Bertz CT molecular complexity index is 1220. The molecule has 2 aromatic carbocycles. The first kappa shape index (κ1) is 16.7. The fourth-order valence-corrected chi connectivity index (χ4v) is 4.48. The Balaban J connectivity index is 1.79. The predicted molar refractivity (Wildman–Crippen MR) is 103 cm³/mol. The van der Waals surface area contributed by atoms with Crippen molar-refractivity contribution in [2.45, 2.75) is 19.9 Å². The zero-order chi connectivity index (χ0) is 18.5. The molecule has 0 fully saturated rings. The van der Waals surface area contributed by atoms with Crippen LogP contribution in [0.3, 0.4) is 0 Å². The summed E-state index contributed by atoms with van der Waals surface area (Å²) < 4.78 is 24.6. The average Bonchev–Trinajstić information content (AvgIpc) is 2.97. The Kier molecular flexibility index (Phi) is 3.80. The fraction of sp³-hybridized carbons (Fsp3) is 0.200. The average molecular weight is 366 g/mol. The van der Waals surface area contributed by atoms with E-state index in [1.165, 1.54) is 28.1 Å². The third-order valence-electron chi connectivity index (χ3n) is 4.89. The molecule has 0 saturated heterocycles. The van der Waals surface area contributed by atoms with Gasteiger partial charge in [-0.15, -0.1) is 0 Å². The second-order valence-electron chi connectivity index (χ2n) is 6.71. The van der Waals surface area contributed by atoms with Gasteiger partial charge in [0.05, 0.1) is 29.0 Å². The van der Waals surface area contributed by atoms with Crippen LogP contribution >= 0.6 is 0 Å². The summed E-state index contributed by atoms with van der Waals surface area (Å²) in [6.07, 6.45) is 2.97. The molecule has 0 radical (unpaired) electrons. The molecule has 0 bridgehead atoms. The molecule has 0 N–H and O–H groups in total. The lowest BCUT2D eigenvalue weighted by Crippen LogP contribution is -2.26. The second kappa shape index (κ2) is 5.92. The Morgan fingerprint density at radius 2 is 1.77 bits per heavy atom. The maximum Gasteiger partial charge on any atom is 0.261 e. The Morgan fingerprint density at radius 3 is 2.46 bits per heavy atom. The summed E-state index contributed by atoms with van der Waals surface area (Å²) in [4.78, 5) is 17.2. The van der Waals surface area contributed by atoms with Gasteiger partial charge >= 0.3 is 0 Å². The Hall–Kier alpha value is -2.73. The van der Waals surface area contributed by atoms with Crippen molar-refractivity contribution in [3.63, 3.8) is 0 Å². The molecule has 0 aliphatic carbocycles. The van der Waals surface area contributed by atoms with E-state index in [-0.39, 0.29) is 11.3 Å². The van der Waals surface area contributed by atoms with Crippen molar-refractivity contribution in [3.05, 3.63) is 75.7 Å². The largest absolute Gasteiger partial charge is 0.291 e. The van der Waals surface area contributed by atoms with Gasteiger partial charge in [-0.25, -0.2) is 13.4 Å². The van der Waals surface area contributed by atoms with Crippen LogP contribution in [0.4, 0.5) is 0 Å². The number of sulfone groups is 1. The van der Waals surface area contributed by atoms with Gasteiger partial charge in [0.15, 0.2) is 9.84 Å². The van der Waals surface area contributed by atoms with Crippen molar-refractivity contribution in [1.29, 1.82) is 0 Å². The molecule has 26 heavy (non-hydrogen) atoms. The molecule has 1 aliphatic heterocycles. The Morgan fingerprint density at radius 1 is 1.04 bits per heavy atom. The number of hydrogen-bond acceptors (Lipinski definition) is 4. The molecule has 4 rings (SSSR count). The van der Waals surface area contributed by atoms with Crippen LogP contribution in [-0.2, 0) is 9.84 Å². The summed E-state index contributed by atoms with van der Waals surface area (Å²) >= 11 is 0. The molecular formula is C20H18N2O3S. The monoisotopic (exact) mass is 366 g/mol. The quantitative estimate of drug-likeness (QED) is 0.699. The van der Waals surface area contributed by atoms with Gasteiger partial charge in [-0.2, -0.15) is 0 Å². The van der Waals surface area contributed by atoms with Crippen LogP contribution in [0.15, 0.2) is 59.0 Å². The van der Waals surface area contributed by atoms with Crippen molar-refractivity contribution < 1.29 is 8.42 Å². The van der Waals surface area contributed by atoms with Gasteiger partial charge in [-0.1, -0.05) is 24.3 Å². The van der Waals surface area contributed by atoms with Crippen LogP contribution in [0.2, 0.25) is 0 Å². The van der Waals surface area contributed by atoms with Gasteiger partial charge in [-0.05, 0) is 54.3 Å². The number of nitrogens with zero attached hydrogens (tertiary/aromatic N) is 2. The number of aromatic nitrogens is 2. The zero-order valence-electron chi connectivity index (χ0n) is 14.5. The molecule has 5 nitrogen and oxygen atoms in total. The van der Waals surface area contributed by atoms with Crippen LogP contribution in [-0.4, -0.2) is 23.7 Å². The summed E-state index contributed by atoms with van der Waals surface area (Å²) in [5, 5.41) is 1.65. The molecule has 1 atom stereocenters. The molecule has 132 valence electrons. The van der Waals surface area contributed by atoms with E-state index in [2.05, 4.69) is 37.0 Å². The highest BCUT2D eigenvalue weighted by Gasteiger charge is 2.24. The van der Waals surface area contributed by atoms with Crippen LogP contribution < -0.4 is 5.56 Å². The SMILES string of the molecule is Cc1ccc(-c2ccc3c(=O)n(C4C=CS(=O)(=O)C4)cnc3c2)cc1C. The minimum Gasteiger partial charge on any atom is -0.291 e. The van der Waals surface area contributed by atoms with Crippen LogP contribution in [0, 0.1) is 13.8 Å². The van der Waals surface area contributed by atoms with E-state index in [1.807, 2.05) is 12.1 Å². The zero-order valence-corrected chi connectivity index (χ0v) is 15.3. The molecule has 0 saturated carbocycles. The standard InChI is InChI=1S/C20H18N2O3S/c1-13-3-4-15(9-14(13)2)16-5-6-18-19(10-16)21-12-22(20(18)23)17-7-8-26(24,25)11-17/h3-10,12,17H,11H2,1-2H3. The summed E-state index contributed by atoms with van der Waals surface area (Å²) in [7, 11) is -3.23. The molecule has 0 amide bonds. The number of aryl methyl sites for hydroxylation is 2. The fourth-order valence-electron chi connectivity index (χ4n) is 3.20. The molecule has 1 aromatic heterocycles. The van der Waals surface area contributed by atoms with E-state index in [4.69, 9.17) is 0 Å². The minimum atomic E-state index is -3.23. The van der Waals surface area contributed by atoms with E-state index < -0.39 is 15.9 Å². The van der Waals surface area contributed by atoms with Crippen molar-refractivity contribution in [2.24, 2.45) is 0 Å². The smallest absolute Gasteiger partial charge is 0.261 e. The maximum absolute atomic E-state index is 12.8. The second-order valence-corrected chi connectivity index (χ2v) is 8.64. The molecule has 6 heteroatoms. The molecule has 3 aromatic rings. The summed E-state index contributed by atoms with van der Waals surface area (Å²) in [6, 6.07) is 11.3. The van der Waals surface area contributed by atoms with E-state index in [1.54, 1.807) is 6.07 Å². The molecule has 1 aliphatic rings. The first-order valence-electron chi connectivity index (χ1n) is 8.33. The van der Waals surface area contributed by atoms with Crippen molar-refractivity contribution in [3.8, 4) is 11.1 Å². The number of hydrogen-bond donors (Lipinski definition) is 0. The number of allylic oxidation sites excluding steroid dienone is 1. The normalized spacial score (nSPS) is 18.5. The summed E-state index contributed by atoms with van der Waals surface area (Å²) in [6.45, 7) is 4.14. The van der Waals surface area contributed by atoms with Crippen molar-refractivity contribution in [1.82, 2.24) is 9.55 Å². The number of fused-ring (bicyclic) bond motifs is 1. The van der Waals surface area contributed by atoms with Gasteiger partial charge < -0.3 is 0 Å². The lowest BCUT2D eigenvalue weighted by atomic mass is 9.99. The number of rotatable bonds is 2. The van der Waals surface area contributed by atoms with E-state index in [0.717, 1.165) is 16.5 Å². The Labute approximate surface area is 151 Å². The summed E-state index contributed by atoms with van der Waals surface area (Å²) in [5.74, 6) is -0.0964. The predicted octanol–water partition coefficient (Wildman–Crippen LogP) is 3.16. The van der Waals surface area contributed by atoms with Crippen molar-refractivity contribution >= 4 is 20.7 Å². The molecule has 2 heterocycles. The van der Waals surface area contributed by atoms with Gasteiger partial charge in [0.1, 0.15) is 0 Å². The highest BCUT2D eigenvalue weighted by molar-refractivity contribution is 7.94. The lowest BCUT2D eigenvalue weighted by Gasteiger charge is -2.12. The molecular weight excluding hydrogens is 348 g/mol. The third-order valence-corrected chi connectivity index (χ3v) is 6.27. The number of benzene rings is 2. The minimum absolute atomic E-state index is 0.0964. The first-order valence-corrected chi connectivity index (χ1v) is 10.1. The first-order chi connectivity index (χ1) is 12.3. The van der Waals surface area contributed by atoms with Crippen molar-refractivity contribution in [2.75, 3.05) is 5.75 Å². The van der Waals surface area contributed by atoms with Gasteiger partial charge in [0.25, 0.3) is 5.56 Å². The van der Waals surface area contributed by atoms with Crippen LogP contribution in [0.1, 0.15) is 17.2 Å². The maximum atomic E-state index is 12.8. The summed E-state index contributed by atoms with van der Waals surface area (Å²) in [5.41, 5.74) is 4.88.